The first kappa shape index (κ1) is 15.4. The predicted octanol–water partition coefficient (Wildman–Crippen LogP) is 1.68. The summed E-state index contributed by atoms with van der Waals surface area (Å²) in [5.41, 5.74) is -0.661. The van der Waals surface area contributed by atoms with Crippen molar-refractivity contribution in [1.82, 2.24) is 0 Å². The van der Waals surface area contributed by atoms with Crippen molar-refractivity contribution in [2.45, 2.75) is 25.4 Å². The number of carbonyl (C=O) groups is 1. The molecule has 2 aromatic rings. The van der Waals surface area contributed by atoms with Crippen molar-refractivity contribution in [1.29, 1.82) is 0 Å². The van der Waals surface area contributed by atoms with Gasteiger partial charge in [0.2, 0.25) is 0 Å². The third-order valence-electron chi connectivity index (χ3n) is 3.82. The maximum absolute atomic E-state index is 12.7. The van der Waals surface area contributed by atoms with E-state index >= 15 is 0 Å². The van der Waals surface area contributed by atoms with Gasteiger partial charge in [0, 0.05) is 17.7 Å². The number of aliphatic imine (C=N–C) groups is 1. The zero-order chi connectivity index (χ0) is 16.6. The highest BCUT2D eigenvalue weighted by Crippen LogP contribution is 2.41. The second kappa shape index (κ2) is 5.62. The number of carbonyl (C=O) groups excluding carboxylic acids is 1. The van der Waals surface area contributed by atoms with Gasteiger partial charge in [0.15, 0.2) is 11.4 Å². The molecule has 2 heterocycles. The summed E-state index contributed by atoms with van der Waals surface area (Å²) in [6, 6.07) is 6.52. The zero-order valence-corrected chi connectivity index (χ0v) is 12.9. The van der Waals surface area contributed by atoms with Crippen LogP contribution in [0.3, 0.4) is 0 Å². The minimum atomic E-state index is -1.01. The normalized spacial score (nSPS) is 19.8. The van der Waals surface area contributed by atoms with Gasteiger partial charge in [0.1, 0.15) is 11.3 Å². The summed E-state index contributed by atoms with van der Waals surface area (Å²) in [4.78, 5) is 28.4. The molecular formula is C17H17NO5. The molecule has 3 rings (SSSR count). The Morgan fingerprint density at radius 2 is 2.00 bits per heavy atom. The lowest BCUT2D eigenvalue weighted by molar-refractivity contribution is -0.133. The highest BCUT2D eigenvalue weighted by atomic mass is 16.5. The van der Waals surface area contributed by atoms with Crippen LogP contribution in [-0.4, -0.2) is 35.9 Å². The number of rotatable bonds is 3. The lowest BCUT2D eigenvalue weighted by Gasteiger charge is -2.34. The van der Waals surface area contributed by atoms with Gasteiger partial charge in [-0.2, -0.15) is 0 Å². The van der Waals surface area contributed by atoms with Gasteiger partial charge in [-0.25, -0.2) is 4.79 Å². The number of benzene rings is 1. The Hall–Kier alpha value is -2.47. The average Bonchev–Trinajstić information content (AvgIpc) is 2.50. The molecular weight excluding hydrogens is 298 g/mol. The fraction of sp³-hybridized carbons (Fsp3) is 0.353. The quantitative estimate of drug-likeness (QED) is 0.687. The molecule has 1 aromatic heterocycles. The number of ether oxygens (including phenoxy) is 1. The van der Waals surface area contributed by atoms with E-state index < -0.39 is 17.1 Å². The maximum Gasteiger partial charge on any atom is 0.336 e. The molecule has 0 fully saturated rings. The van der Waals surface area contributed by atoms with E-state index in [0.717, 1.165) is 0 Å². The number of fused-ring (bicyclic) bond motifs is 3. The standard InChI is InChI=1S/C17H17NO5/c1-17(2)16(21)11(9-18-7-8-19)14-12(23-17)5-3-10-4-6-13(20)22-15(10)14/h3-6,9,11,19H,7-8H2,1-2H3/t11-/m1/s1. The van der Waals surface area contributed by atoms with E-state index in [1.165, 1.54) is 12.3 Å². The molecule has 1 N–H and O–H groups in total. The number of aliphatic hydroxyl groups is 1. The highest BCUT2D eigenvalue weighted by molar-refractivity contribution is 6.09. The van der Waals surface area contributed by atoms with Gasteiger partial charge in [-0.05, 0) is 32.0 Å². The molecule has 0 radical (unpaired) electrons. The lowest BCUT2D eigenvalue weighted by atomic mass is 9.83. The van der Waals surface area contributed by atoms with Crippen LogP contribution < -0.4 is 10.4 Å². The Kier molecular flexibility index (Phi) is 3.77. The van der Waals surface area contributed by atoms with E-state index in [4.69, 9.17) is 14.3 Å². The molecule has 1 aliphatic rings. The molecule has 1 atom stereocenters. The zero-order valence-electron chi connectivity index (χ0n) is 12.9. The van der Waals surface area contributed by atoms with E-state index in [9.17, 15) is 9.59 Å². The molecule has 120 valence electrons. The van der Waals surface area contributed by atoms with Gasteiger partial charge in [0.05, 0.1) is 24.6 Å². The summed E-state index contributed by atoms with van der Waals surface area (Å²) in [7, 11) is 0. The fourth-order valence-corrected chi connectivity index (χ4v) is 2.73. The molecule has 0 amide bonds. The van der Waals surface area contributed by atoms with Gasteiger partial charge < -0.3 is 14.3 Å². The molecule has 0 saturated carbocycles. The monoisotopic (exact) mass is 315 g/mol. The number of aliphatic hydroxyl groups excluding tert-OH is 1. The van der Waals surface area contributed by atoms with E-state index in [-0.39, 0.29) is 18.9 Å². The van der Waals surface area contributed by atoms with Gasteiger partial charge in [-0.3, -0.25) is 9.79 Å². The van der Waals surface area contributed by atoms with E-state index in [2.05, 4.69) is 4.99 Å². The smallest absolute Gasteiger partial charge is 0.336 e. The van der Waals surface area contributed by atoms with Gasteiger partial charge in [-0.1, -0.05) is 0 Å². The average molecular weight is 315 g/mol. The first-order chi connectivity index (χ1) is 10.9. The van der Waals surface area contributed by atoms with Crippen LogP contribution in [0, 0.1) is 0 Å². The molecule has 0 unspecified atom stereocenters. The molecule has 6 nitrogen and oxygen atoms in total. The van der Waals surface area contributed by atoms with Crippen molar-refractivity contribution < 1.29 is 19.1 Å². The summed E-state index contributed by atoms with van der Waals surface area (Å²) in [5, 5.41) is 9.59. The second-order valence-electron chi connectivity index (χ2n) is 5.88. The van der Waals surface area contributed by atoms with Crippen molar-refractivity contribution >= 4 is 23.0 Å². The molecule has 1 aliphatic heterocycles. The summed E-state index contributed by atoms with van der Waals surface area (Å²) in [5.74, 6) is -0.364. The van der Waals surface area contributed by atoms with Crippen LogP contribution >= 0.6 is 0 Å². The molecule has 0 bridgehead atoms. The van der Waals surface area contributed by atoms with Gasteiger partial charge in [0.25, 0.3) is 0 Å². The van der Waals surface area contributed by atoms with Crippen molar-refractivity contribution in [3.63, 3.8) is 0 Å². The summed E-state index contributed by atoms with van der Waals surface area (Å²) < 4.78 is 11.1. The summed E-state index contributed by atoms with van der Waals surface area (Å²) in [6.45, 7) is 3.48. The topological polar surface area (TPSA) is 89.1 Å². The minimum absolute atomic E-state index is 0.102. The van der Waals surface area contributed by atoms with E-state index in [1.54, 1.807) is 32.0 Å². The maximum atomic E-state index is 12.7. The lowest BCUT2D eigenvalue weighted by Crippen LogP contribution is -2.45. The Balaban J connectivity index is 2.26. The van der Waals surface area contributed by atoms with Gasteiger partial charge >= 0.3 is 5.63 Å². The first-order valence-electron chi connectivity index (χ1n) is 7.35. The number of hydrogen-bond donors (Lipinski definition) is 1. The molecule has 0 aliphatic carbocycles. The van der Waals surface area contributed by atoms with E-state index in [0.29, 0.717) is 22.3 Å². The Bertz CT molecular complexity index is 850. The van der Waals surface area contributed by atoms with Crippen LogP contribution in [0.4, 0.5) is 0 Å². The second-order valence-corrected chi connectivity index (χ2v) is 5.88. The summed E-state index contributed by atoms with van der Waals surface area (Å²) >= 11 is 0. The minimum Gasteiger partial charge on any atom is -0.480 e. The highest BCUT2D eigenvalue weighted by Gasteiger charge is 2.43. The number of hydrogen-bond acceptors (Lipinski definition) is 6. The predicted molar refractivity (Wildman–Crippen MR) is 85.4 cm³/mol. The SMILES string of the molecule is CC1(C)Oc2ccc3ccc(=O)oc3c2[C@@H](C=NCCO)C1=O. The van der Waals surface area contributed by atoms with Crippen molar-refractivity contribution in [3.05, 3.63) is 40.2 Å². The van der Waals surface area contributed by atoms with Crippen LogP contribution in [0.15, 0.2) is 38.5 Å². The Labute approximate surface area is 132 Å². The van der Waals surface area contributed by atoms with Crippen LogP contribution in [0.1, 0.15) is 25.3 Å². The molecule has 6 heteroatoms. The van der Waals surface area contributed by atoms with Crippen molar-refractivity contribution in [2.75, 3.05) is 13.2 Å². The van der Waals surface area contributed by atoms with Crippen LogP contribution in [0.2, 0.25) is 0 Å². The third-order valence-corrected chi connectivity index (χ3v) is 3.82. The Morgan fingerprint density at radius 1 is 1.26 bits per heavy atom. The molecule has 0 saturated heterocycles. The van der Waals surface area contributed by atoms with Crippen LogP contribution in [-0.2, 0) is 4.79 Å². The number of Topliss-reactive ketones (excluding diaryl/α,β-unsaturated/α-hetero) is 1. The molecule has 1 aromatic carbocycles. The van der Waals surface area contributed by atoms with Crippen molar-refractivity contribution in [2.24, 2.45) is 4.99 Å². The van der Waals surface area contributed by atoms with Crippen LogP contribution in [0.5, 0.6) is 5.75 Å². The number of ketones is 1. The van der Waals surface area contributed by atoms with Gasteiger partial charge in [-0.15, -0.1) is 0 Å². The third kappa shape index (κ3) is 2.66. The fourth-order valence-electron chi connectivity index (χ4n) is 2.73. The molecule has 23 heavy (non-hydrogen) atoms. The van der Waals surface area contributed by atoms with Crippen LogP contribution in [0.25, 0.3) is 11.0 Å². The van der Waals surface area contributed by atoms with E-state index in [1.807, 2.05) is 0 Å². The first-order valence-corrected chi connectivity index (χ1v) is 7.35. The Morgan fingerprint density at radius 3 is 2.74 bits per heavy atom. The largest absolute Gasteiger partial charge is 0.480 e. The molecule has 0 spiro atoms. The van der Waals surface area contributed by atoms with Crippen molar-refractivity contribution in [3.8, 4) is 5.75 Å². The summed E-state index contributed by atoms with van der Waals surface area (Å²) in [6.07, 6.45) is 1.49. The number of nitrogens with zero attached hydrogens (tertiary/aromatic N) is 1.